The zero-order valence-corrected chi connectivity index (χ0v) is 25.7. The Kier molecular flexibility index (Phi) is 9.53. The topological polar surface area (TPSA) is 108 Å². The van der Waals surface area contributed by atoms with Crippen molar-refractivity contribution < 1.29 is 28.4 Å². The first-order valence-electron chi connectivity index (χ1n) is 15.0. The zero-order chi connectivity index (χ0) is 32.0. The summed E-state index contributed by atoms with van der Waals surface area (Å²) < 4.78 is 39.8. The Morgan fingerprint density at radius 1 is 0.978 bits per heavy atom. The molecule has 10 nitrogen and oxygen atoms in total. The minimum Gasteiger partial charge on any atom is -0.493 e. The molecule has 1 aliphatic rings. The number of hydrogen-bond acceptors (Lipinski definition) is 9. The van der Waals surface area contributed by atoms with Gasteiger partial charge < -0.3 is 24.1 Å². The van der Waals surface area contributed by atoms with E-state index in [0.29, 0.717) is 65.7 Å². The maximum Gasteiger partial charge on any atom is 0.261 e. The van der Waals surface area contributed by atoms with Crippen molar-refractivity contribution >= 4 is 10.9 Å². The number of halogens is 1. The number of benzene rings is 3. The number of fused-ring (bicyclic) bond motifs is 1. The first-order chi connectivity index (χ1) is 22.4. The Labute approximate surface area is 265 Å². The van der Waals surface area contributed by atoms with Crippen LogP contribution in [0.15, 0.2) is 83.9 Å². The van der Waals surface area contributed by atoms with E-state index in [1.54, 1.807) is 37.5 Å². The van der Waals surface area contributed by atoms with Crippen LogP contribution in [0.2, 0.25) is 0 Å². The van der Waals surface area contributed by atoms with E-state index in [-0.39, 0.29) is 23.5 Å². The Morgan fingerprint density at radius 2 is 1.78 bits per heavy atom. The molecule has 2 aromatic heterocycles. The van der Waals surface area contributed by atoms with Crippen molar-refractivity contribution in [2.75, 3.05) is 46.6 Å². The van der Waals surface area contributed by atoms with E-state index in [1.807, 2.05) is 30.3 Å². The Bertz CT molecular complexity index is 1880. The molecule has 0 unspecified atom stereocenters. The Hall–Kier alpha value is -4.84. The number of methoxy groups -OCH3 is 1. The van der Waals surface area contributed by atoms with E-state index >= 15 is 4.39 Å². The summed E-state index contributed by atoms with van der Waals surface area (Å²) in [4.78, 5) is 24.3. The summed E-state index contributed by atoms with van der Waals surface area (Å²) in [5.74, 6) is 1.14. The van der Waals surface area contributed by atoms with E-state index in [4.69, 9.17) is 18.9 Å². The normalized spacial score (nSPS) is 14.3. The molecule has 11 heteroatoms. The molecular weight excluding hydrogens is 591 g/mol. The van der Waals surface area contributed by atoms with Crippen molar-refractivity contribution in [3.8, 4) is 34.1 Å². The quantitative estimate of drug-likeness (QED) is 0.225. The van der Waals surface area contributed by atoms with Crippen LogP contribution in [0.3, 0.4) is 0 Å². The molecule has 1 saturated heterocycles. The fourth-order valence-corrected chi connectivity index (χ4v) is 5.40. The molecule has 0 aliphatic carbocycles. The van der Waals surface area contributed by atoms with Gasteiger partial charge in [0.2, 0.25) is 0 Å². The van der Waals surface area contributed by atoms with E-state index in [1.165, 1.54) is 30.0 Å². The van der Waals surface area contributed by atoms with Gasteiger partial charge in [-0.05, 0) is 35.4 Å². The van der Waals surface area contributed by atoms with Gasteiger partial charge in [-0.15, -0.1) is 0 Å². The minimum atomic E-state index is -0.699. The van der Waals surface area contributed by atoms with E-state index < -0.39 is 11.9 Å². The molecule has 5 aromatic rings. The highest BCUT2D eigenvalue weighted by Gasteiger charge is 2.19. The van der Waals surface area contributed by atoms with Crippen molar-refractivity contribution in [3.05, 3.63) is 107 Å². The number of morpholine rings is 1. The summed E-state index contributed by atoms with van der Waals surface area (Å²) in [6, 6.07) is 19.2. The Morgan fingerprint density at radius 3 is 2.54 bits per heavy atom. The maximum absolute atomic E-state index is 15.4. The molecule has 1 N–H and O–H groups in total. The lowest BCUT2D eigenvalue weighted by Crippen LogP contribution is -2.42. The fourth-order valence-electron chi connectivity index (χ4n) is 5.40. The highest BCUT2D eigenvalue weighted by Crippen LogP contribution is 2.38. The van der Waals surface area contributed by atoms with Gasteiger partial charge in [0.1, 0.15) is 24.3 Å². The van der Waals surface area contributed by atoms with Crippen LogP contribution in [-0.4, -0.2) is 77.2 Å². The molecule has 0 spiro atoms. The van der Waals surface area contributed by atoms with Crippen LogP contribution in [0, 0.1) is 5.82 Å². The minimum absolute atomic E-state index is 0.0211. The van der Waals surface area contributed by atoms with Crippen molar-refractivity contribution in [3.63, 3.8) is 0 Å². The Balaban J connectivity index is 1.19. The van der Waals surface area contributed by atoms with E-state index in [0.717, 1.165) is 18.7 Å². The fraction of sp³-hybridized carbons (Fsp3) is 0.286. The molecule has 46 heavy (non-hydrogen) atoms. The van der Waals surface area contributed by atoms with Gasteiger partial charge in [0.05, 0.1) is 31.4 Å². The molecule has 3 heterocycles. The molecule has 6 rings (SSSR count). The average molecular weight is 627 g/mol. The third-order valence-corrected chi connectivity index (χ3v) is 7.92. The van der Waals surface area contributed by atoms with Gasteiger partial charge >= 0.3 is 0 Å². The molecule has 1 atom stereocenters. The van der Waals surface area contributed by atoms with Crippen LogP contribution in [0.5, 0.6) is 23.0 Å². The predicted molar refractivity (Wildman–Crippen MR) is 171 cm³/mol. The summed E-state index contributed by atoms with van der Waals surface area (Å²) >= 11 is 0. The monoisotopic (exact) mass is 626 g/mol. The number of β-amino-alcohol motifs (C(OH)–C–C–N with tert-alkyl or cyclic N) is 1. The number of aliphatic hydroxyl groups excluding tert-OH is 1. The number of pyridine rings is 1. The number of aromatic nitrogens is 3. The summed E-state index contributed by atoms with van der Waals surface area (Å²) in [6.07, 6.45) is 2.85. The first kappa shape index (κ1) is 31.2. The SMILES string of the molecule is COc1cc2c(Oc3ccc(-c4cnc(Cc5ccccc5)n(C)c4=O)cc3F)ccnc2cc1OC[C@H](O)CN1CCOCC1. The lowest BCUT2D eigenvalue weighted by Gasteiger charge is -2.28. The van der Waals surface area contributed by atoms with Crippen molar-refractivity contribution in [1.82, 2.24) is 19.4 Å². The second kappa shape index (κ2) is 14.1. The molecule has 0 bridgehead atoms. The van der Waals surface area contributed by atoms with Crippen LogP contribution in [0.4, 0.5) is 4.39 Å². The van der Waals surface area contributed by atoms with Crippen LogP contribution in [0.25, 0.3) is 22.0 Å². The summed E-state index contributed by atoms with van der Waals surface area (Å²) in [6.45, 7) is 3.38. The molecule has 0 amide bonds. The van der Waals surface area contributed by atoms with E-state index in [2.05, 4.69) is 14.9 Å². The molecule has 3 aromatic carbocycles. The lowest BCUT2D eigenvalue weighted by atomic mass is 10.1. The number of nitrogens with zero attached hydrogens (tertiary/aromatic N) is 4. The molecule has 0 radical (unpaired) electrons. The molecule has 238 valence electrons. The van der Waals surface area contributed by atoms with Crippen LogP contribution >= 0.6 is 0 Å². The number of hydrogen-bond donors (Lipinski definition) is 1. The highest BCUT2D eigenvalue weighted by atomic mass is 19.1. The van der Waals surface area contributed by atoms with Crippen molar-refractivity contribution in [2.24, 2.45) is 7.05 Å². The summed E-state index contributed by atoms with van der Waals surface area (Å²) in [5.41, 5.74) is 1.98. The van der Waals surface area contributed by atoms with Crippen LogP contribution in [-0.2, 0) is 18.2 Å². The highest BCUT2D eigenvalue weighted by molar-refractivity contribution is 5.88. The molecule has 0 saturated carbocycles. The number of ether oxygens (including phenoxy) is 4. The average Bonchev–Trinajstić information content (AvgIpc) is 3.07. The third kappa shape index (κ3) is 7.02. The van der Waals surface area contributed by atoms with Crippen molar-refractivity contribution in [2.45, 2.75) is 12.5 Å². The zero-order valence-electron chi connectivity index (χ0n) is 25.7. The number of aliphatic hydroxyl groups is 1. The third-order valence-electron chi connectivity index (χ3n) is 7.92. The smallest absolute Gasteiger partial charge is 0.261 e. The predicted octanol–water partition coefficient (Wildman–Crippen LogP) is 4.60. The van der Waals surface area contributed by atoms with Gasteiger partial charge in [0.15, 0.2) is 23.1 Å². The van der Waals surface area contributed by atoms with Gasteiger partial charge in [0, 0.05) is 56.9 Å². The lowest BCUT2D eigenvalue weighted by molar-refractivity contribution is 0.00446. The largest absolute Gasteiger partial charge is 0.493 e. The molecule has 1 fully saturated rings. The van der Waals surface area contributed by atoms with Gasteiger partial charge in [-0.2, -0.15) is 0 Å². The van der Waals surface area contributed by atoms with Gasteiger partial charge in [-0.25, -0.2) is 9.37 Å². The van der Waals surface area contributed by atoms with Gasteiger partial charge in [0.25, 0.3) is 5.56 Å². The summed E-state index contributed by atoms with van der Waals surface area (Å²) in [5, 5.41) is 11.1. The standard InChI is InChI=1S/C35H35FN4O6/c1-39-34(16-23-6-4-3-5-7-23)38-20-27(35(39)42)24-8-9-31(28(36)17-24)46-30-10-11-37-29-19-33(32(43-2)18-26(29)30)45-22-25(41)21-40-12-14-44-15-13-40/h3-11,17-20,25,41H,12-16,21-22H2,1-2H3/t25-/m1/s1. The van der Waals surface area contributed by atoms with Crippen LogP contribution < -0.4 is 19.8 Å². The summed E-state index contributed by atoms with van der Waals surface area (Å²) in [7, 11) is 3.18. The van der Waals surface area contributed by atoms with Crippen LogP contribution in [0.1, 0.15) is 11.4 Å². The first-order valence-corrected chi connectivity index (χ1v) is 15.0. The number of rotatable bonds is 11. The van der Waals surface area contributed by atoms with Gasteiger partial charge in [-0.1, -0.05) is 36.4 Å². The second-order valence-corrected chi connectivity index (χ2v) is 11.1. The molecular formula is C35H35FN4O6. The molecule has 1 aliphatic heterocycles. The van der Waals surface area contributed by atoms with Gasteiger partial charge in [-0.3, -0.25) is 19.2 Å². The maximum atomic E-state index is 15.4. The second-order valence-electron chi connectivity index (χ2n) is 11.1. The van der Waals surface area contributed by atoms with E-state index in [9.17, 15) is 9.90 Å². The van der Waals surface area contributed by atoms with Crippen molar-refractivity contribution in [1.29, 1.82) is 0 Å².